The van der Waals surface area contributed by atoms with Gasteiger partial charge in [0, 0.05) is 29.5 Å². The molecule has 4 heterocycles. The molecule has 7 heteroatoms. The van der Waals surface area contributed by atoms with Crippen LogP contribution in [0.25, 0.3) is 10.9 Å². The van der Waals surface area contributed by atoms with Crippen molar-refractivity contribution in [2.45, 2.75) is 39.7 Å². The lowest BCUT2D eigenvalue weighted by atomic mass is 10.1. The Labute approximate surface area is 186 Å². The maximum atomic E-state index is 13.5. The minimum absolute atomic E-state index is 0.0530. The second-order valence-electron chi connectivity index (χ2n) is 8.49. The topological polar surface area (TPSA) is 86.8 Å². The monoisotopic (exact) mass is 426 g/mol. The second kappa shape index (κ2) is 8.07. The molecule has 7 nitrogen and oxygen atoms in total. The number of hydrogen-bond acceptors (Lipinski definition) is 5. The SMILES string of the molecule is Cc1ccc2[nH]nc(C(=O)N3CCC[C@@H]3c3cc(Nc4ncccc4C)cc(C)n3)c2c1. The van der Waals surface area contributed by atoms with Crippen LogP contribution in [0, 0.1) is 20.8 Å². The number of amides is 1. The molecule has 0 aliphatic carbocycles. The molecule has 1 amide bonds. The summed E-state index contributed by atoms with van der Waals surface area (Å²) >= 11 is 0. The van der Waals surface area contributed by atoms with E-state index in [4.69, 9.17) is 4.98 Å². The highest BCUT2D eigenvalue weighted by Crippen LogP contribution is 2.34. The van der Waals surface area contributed by atoms with Crippen molar-refractivity contribution in [2.75, 3.05) is 11.9 Å². The van der Waals surface area contributed by atoms with E-state index in [0.29, 0.717) is 12.2 Å². The summed E-state index contributed by atoms with van der Waals surface area (Å²) in [7, 11) is 0. The molecule has 4 aromatic rings. The van der Waals surface area contributed by atoms with Gasteiger partial charge < -0.3 is 10.2 Å². The van der Waals surface area contributed by atoms with Gasteiger partial charge in [0.05, 0.1) is 17.3 Å². The van der Waals surface area contributed by atoms with E-state index in [1.165, 1.54) is 0 Å². The molecule has 0 spiro atoms. The van der Waals surface area contributed by atoms with Crippen molar-refractivity contribution in [1.29, 1.82) is 0 Å². The van der Waals surface area contributed by atoms with Crippen LogP contribution in [-0.2, 0) is 0 Å². The third-order valence-electron chi connectivity index (χ3n) is 6.02. The molecule has 5 rings (SSSR count). The number of hydrogen-bond donors (Lipinski definition) is 2. The van der Waals surface area contributed by atoms with Crippen molar-refractivity contribution >= 4 is 28.3 Å². The number of benzene rings is 1. The molecule has 1 fully saturated rings. The van der Waals surface area contributed by atoms with Gasteiger partial charge in [-0.15, -0.1) is 0 Å². The smallest absolute Gasteiger partial charge is 0.275 e. The van der Waals surface area contributed by atoms with E-state index in [1.807, 2.05) is 68.1 Å². The number of rotatable bonds is 4. The molecule has 2 N–H and O–H groups in total. The van der Waals surface area contributed by atoms with Gasteiger partial charge in [0.25, 0.3) is 5.91 Å². The summed E-state index contributed by atoms with van der Waals surface area (Å²) in [5.41, 5.74) is 6.25. The van der Waals surface area contributed by atoms with Crippen LogP contribution in [-0.4, -0.2) is 37.5 Å². The van der Waals surface area contributed by atoms with E-state index in [2.05, 4.69) is 20.5 Å². The molecule has 3 aromatic heterocycles. The number of carbonyl (C=O) groups excluding carboxylic acids is 1. The molecule has 1 atom stereocenters. The predicted molar refractivity (Wildman–Crippen MR) is 125 cm³/mol. The van der Waals surface area contributed by atoms with Crippen LogP contribution in [0.3, 0.4) is 0 Å². The summed E-state index contributed by atoms with van der Waals surface area (Å²) in [5.74, 6) is 0.768. The molecule has 0 bridgehead atoms. The summed E-state index contributed by atoms with van der Waals surface area (Å²) in [6.07, 6.45) is 3.60. The largest absolute Gasteiger partial charge is 0.340 e. The first-order valence-corrected chi connectivity index (χ1v) is 10.9. The first kappa shape index (κ1) is 20.2. The Bertz CT molecular complexity index is 1310. The van der Waals surface area contributed by atoms with Crippen molar-refractivity contribution in [3.05, 3.63) is 76.9 Å². The molecule has 1 saturated heterocycles. The van der Waals surface area contributed by atoms with Crippen LogP contribution in [0.4, 0.5) is 11.5 Å². The molecule has 1 aliphatic rings. The van der Waals surface area contributed by atoms with Crippen molar-refractivity contribution in [2.24, 2.45) is 0 Å². The van der Waals surface area contributed by atoms with E-state index in [9.17, 15) is 4.79 Å². The van der Waals surface area contributed by atoms with Crippen LogP contribution in [0.5, 0.6) is 0 Å². The number of H-pyrrole nitrogens is 1. The predicted octanol–water partition coefficient (Wildman–Crippen LogP) is 5.00. The van der Waals surface area contributed by atoms with Crippen molar-refractivity contribution in [1.82, 2.24) is 25.1 Å². The van der Waals surface area contributed by atoms with Crippen LogP contribution >= 0.6 is 0 Å². The number of pyridine rings is 2. The molecular formula is C25H26N6O. The van der Waals surface area contributed by atoms with Gasteiger partial charge in [-0.05, 0) is 69.5 Å². The van der Waals surface area contributed by atoms with Crippen LogP contribution < -0.4 is 5.32 Å². The summed E-state index contributed by atoms with van der Waals surface area (Å²) in [6, 6.07) is 13.9. The molecule has 162 valence electrons. The van der Waals surface area contributed by atoms with E-state index in [1.54, 1.807) is 6.20 Å². The number of aromatic nitrogens is 4. The number of fused-ring (bicyclic) bond motifs is 1. The van der Waals surface area contributed by atoms with Crippen molar-refractivity contribution in [3.8, 4) is 0 Å². The fourth-order valence-corrected chi connectivity index (χ4v) is 4.43. The highest BCUT2D eigenvalue weighted by atomic mass is 16.2. The zero-order valence-corrected chi connectivity index (χ0v) is 18.5. The summed E-state index contributed by atoms with van der Waals surface area (Å²) in [6.45, 7) is 6.72. The van der Waals surface area contributed by atoms with Crippen molar-refractivity contribution < 1.29 is 4.79 Å². The molecule has 0 unspecified atom stereocenters. The molecular weight excluding hydrogens is 400 g/mol. The number of aryl methyl sites for hydroxylation is 3. The number of aromatic amines is 1. The lowest BCUT2D eigenvalue weighted by Gasteiger charge is -2.24. The Morgan fingerprint density at radius 1 is 1.16 bits per heavy atom. The van der Waals surface area contributed by atoms with Gasteiger partial charge in [-0.2, -0.15) is 5.10 Å². The Balaban J connectivity index is 1.46. The molecule has 1 aliphatic heterocycles. The number of nitrogens with one attached hydrogen (secondary N) is 2. The van der Waals surface area contributed by atoms with E-state index in [0.717, 1.165) is 57.8 Å². The fraction of sp³-hybridized carbons (Fsp3) is 0.280. The quantitative estimate of drug-likeness (QED) is 0.480. The molecule has 32 heavy (non-hydrogen) atoms. The molecule has 0 radical (unpaired) electrons. The van der Waals surface area contributed by atoms with E-state index >= 15 is 0 Å². The van der Waals surface area contributed by atoms with Crippen LogP contribution in [0.2, 0.25) is 0 Å². The Hall–Kier alpha value is -3.74. The van der Waals surface area contributed by atoms with E-state index < -0.39 is 0 Å². The third-order valence-corrected chi connectivity index (χ3v) is 6.02. The Morgan fingerprint density at radius 2 is 2.03 bits per heavy atom. The minimum atomic E-state index is -0.0793. The zero-order chi connectivity index (χ0) is 22.2. The maximum absolute atomic E-state index is 13.5. The van der Waals surface area contributed by atoms with E-state index in [-0.39, 0.29) is 11.9 Å². The van der Waals surface area contributed by atoms with Gasteiger partial charge in [-0.1, -0.05) is 17.7 Å². The number of carbonyl (C=O) groups is 1. The van der Waals surface area contributed by atoms with Gasteiger partial charge in [0.2, 0.25) is 0 Å². The second-order valence-corrected chi connectivity index (χ2v) is 8.49. The number of nitrogens with zero attached hydrogens (tertiary/aromatic N) is 4. The van der Waals surface area contributed by atoms with Gasteiger partial charge in [0.1, 0.15) is 5.82 Å². The molecule has 0 saturated carbocycles. The average molecular weight is 427 g/mol. The van der Waals surface area contributed by atoms with Gasteiger partial charge >= 0.3 is 0 Å². The summed E-state index contributed by atoms with van der Waals surface area (Å²) in [5, 5.41) is 11.6. The third kappa shape index (κ3) is 3.70. The van der Waals surface area contributed by atoms with Gasteiger partial charge in [-0.25, -0.2) is 4.98 Å². The Kier molecular flexibility index (Phi) is 5.09. The standard InChI is InChI=1S/C25H26N6O/c1-15-8-9-20-19(12-15)23(30-29-20)25(32)31-11-5-7-22(31)21-14-18(13-17(3)27-21)28-24-16(2)6-4-10-26-24/h4,6,8-10,12-14,22H,5,7,11H2,1-3H3,(H,29,30)(H,26,27,28)/t22-/m1/s1. The molecule has 1 aromatic carbocycles. The minimum Gasteiger partial charge on any atom is -0.340 e. The number of anilines is 2. The summed E-state index contributed by atoms with van der Waals surface area (Å²) in [4.78, 5) is 24.6. The van der Waals surface area contributed by atoms with Crippen molar-refractivity contribution in [3.63, 3.8) is 0 Å². The maximum Gasteiger partial charge on any atom is 0.275 e. The van der Waals surface area contributed by atoms with Gasteiger partial charge in [0.15, 0.2) is 5.69 Å². The fourth-order valence-electron chi connectivity index (χ4n) is 4.43. The Morgan fingerprint density at radius 3 is 2.88 bits per heavy atom. The summed E-state index contributed by atoms with van der Waals surface area (Å²) < 4.78 is 0. The van der Waals surface area contributed by atoms with Crippen LogP contribution in [0.15, 0.2) is 48.7 Å². The lowest BCUT2D eigenvalue weighted by Crippen LogP contribution is -2.31. The first-order chi connectivity index (χ1) is 15.5. The normalized spacial score (nSPS) is 16.0. The zero-order valence-electron chi connectivity index (χ0n) is 18.5. The first-order valence-electron chi connectivity index (χ1n) is 10.9. The average Bonchev–Trinajstić information content (AvgIpc) is 3.42. The highest BCUT2D eigenvalue weighted by molar-refractivity contribution is 6.05. The van der Waals surface area contributed by atoms with Gasteiger partial charge in [-0.3, -0.25) is 14.9 Å². The highest BCUT2D eigenvalue weighted by Gasteiger charge is 2.33. The number of likely N-dealkylation sites (tertiary alicyclic amines) is 1. The lowest BCUT2D eigenvalue weighted by molar-refractivity contribution is 0.0728. The van der Waals surface area contributed by atoms with Crippen LogP contribution in [0.1, 0.15) is 51.9 Å².